The average Bonchev–Trinajstić information content (AvgIpc) is 3.70. The van der Waals surface area contributed by atoms with Crippen molar-refractivity contribution in [1.29, 1.82) is 0 Å². The average molecular weight is 794 g/mol. The molecular weight excluding hydrogens is 751 g/mol. The van der Waals surface area contributed by atoms with E-state index in [2.05, 4.69) is 243 Å². The van der Waals surface area contributed by atoms with Crippen LogP contribution in [0.3, 0.4) is 0 Å². The minimum Gasteiger partial charge on any atom is -0.456 e. The van der Waals surface area contributed by atoms with Crippen LogP contribution < -0.4 is 4.90 Å². The normalized spacial score (nSPS) is 11.4. The fourth-order valence-electron chi connectivity index (χ4n) is 9.24. The van der Waals surface area contributed by atoms with Crippen molar-refractivity contribution in [2.75, 3.05) is 4.90 Å². The van der Waals surface area contributed by atoms with Gasteiger partial charge in [-0.1, -0.05) is 158 Å². The molecule has 294 valence electrons. The van der Waals surface area contributed by atoms with Crippen LogP contribution in [0.4, 0.5) is 17.1 Å². The smallest absolute Gasteiger partial charge is 0.137 e. The van der Waals surface area contributed by atoms with Crippen molar-refractivity contribution in [3.8, 4) is 55.6 Å². The Morgan fingerprint density at radius 2 is 0.790 bits per heavy atom. The summed E-state index contributed by atoms with van der Waals surface area (Å²) in [5.41, 5.74) is 19.3. The zero-order valence-electron chi connectivity index (χ0n) is 34.7. The molecule has 0 atom stereocenters. The molecule has 0 aliphatic carbocycles. The van der Waals surface area contributed by atoms with Gasteiger partial charge in [0.05, 0.1) is 0 Å². The lowest BCUT2D eigenvalue weighted by molar-refractivity contribution is 0.668. The van der Waals surface area contributed by atoms with Gasteiger partial charge in [-0.15, -0.1) is 0 Å². The van der Waals surface area contributed by atoms with Crippen molar-refractivity contribution < 1.29 is 4.42 Å². The third kappa shape index (κ3) is 6.82. The Hall–Kier alpha value is -7.94. The Labute approximate surface area is 362 Å². The summed E-state index contributed by atoms with van der Waals surface area (Å²) in [7, 11) is 0. The Morgan fingerprint density at radius 3 is 1.37 bits per heavy atom. The molecule has 0 saturated heterocycles. The lowest BCUT2D eigenvalue weighted by Gasteiger charge is -2.26. The van der Waals surface area contributed by atoms with E-state index in [0.717, 1.165) is 39.2 Å². The molecular formula is C60H43NO. The molecule has 0 N–H and O–H groups in total. The molecule has 0 amide bonds. The van der Waals surface area contributed by atoms with Crippen LogP contribution in [0.5, 0.6) is 0 Å². The second-order valence-electron chi connectivity index (χ2n) is 16.3. The van der Waals surface area contributed by atoms with Gasteiger partial charge in [0.2, 0.25) is 0 Å². The van der Waals surface area contributed by atoms with Gasteiger partial charge in [0.1, 0.15) is 11.2 Å². The lowest BCUT2D eigenvalue weighted by atomic mass is 9.91. The molecule has 0 aliphatic rings. The maximum atomic E-state index is 6.58. The van der Waals surface area contributed by atoms with Crippen LogP contribution >= 0.6 is 0 Å². The molecule has 0 spiro atoms. The molecule has 1 heterocycles. The molecule has 0 aliphatic heterocycles. The van der Waals surface area contributed by atoms with E-state index in [0.29, 0.717) is 0 Å². The van der Waals surface area contributed by atoms with Crippen LogP contribution in [0.1, 0.15) is 11.1 Å². The molecule has 0 fully saturated rings. The summed E-state index contributed by atoms with van der Waals surface area (Å²) in [6.45, 7) is 4.30. The monoisotopic (exact) mass is 793 g/mol. The summed E-state index contributed by atoms with van der Waals surface area (Å²) in [6, 6.07) is 81.2. The first kappa shape index (κ1) is 37.1. The number of benzene rings is 10. The molecule has 10 aromatic carbocycles. The van der Waals surface area contributed by atoms with Crippen molar-refractivity contribution in [2.45, 2.75) is 13.8 Å². The number of anilines is 3. The highest BCUT2D eigenvalue weighted by Crippen LogP contribution is 2.43. The van der Waals surface area contributed by atoms with Crippen molar-refractivity contribution in [3.63, 3.8) is 0 Å². The number of hydrogen-bond donors (Lipinski definition) is 0. The molecule has 0 bridgehead atoms. The zero-order valence-corrected chi connectivity index (χ0v) is 34.7. The molecule has 0 radical (unpaired) electrons. The number of rotatable bonds is 8. The molecule has 2 nitrogen and oxygen atoms in total. The second-order valence-corrected chi connectivity index (χ2v) is 16.3. The van der Waals surface area contributed by atoms with Crippen molar-refractivity contribution >= 4 is 49.8 Å². The fraction of sp³-hybridized carbons (Fsp3) is 0.0333. The summed E-state index contributed by atoms with van der Waals surface area (Å²) in [5, 5.41) is 4.76. The Bertz CT molecular complexity index is 3380. The van der Waals surface area contributed by atoms with Crippen molar-refractivity contribution in [2.24, 2.45) is 0 Å². The third-order valence-electron chi connectivity index (χ3n) is 12.2. The van der Waals surface area contributed by atoms with Crippen LogP contribution in [-0.2, 0) is 0 Å². The van der Waals surface area contributed by atoms with E-state index in [1.54, 1.807) is 0 Å². The molecule has 62 heavy (non-hydrogen) atoms. The van der Waals surface area contributed by atoms with Crippen molar-refractivity contribution in [3.05, 3.63) is 236 Å². The van der Waals surface area contributed by atoms with E-state index in [1.165, 1.54) is 77.4 Å². The maximum Gasteiger partial charge on any atom is 0.137 e. The third-order valence-corrected chi connectivity index (χ3v) is 12.2. The standard InChI is InChI=1S/C60H43NO/c1-40-34-41(2)60-54-33-31-52(39-58(54)62-59(60)35-40)61(51-29-24-46(25-30-51)57-37-48-21-13-12-20-47(48)36-56(57)45-18-10-5-11-19-45)50-27-22-42(23-28-50)49-26-32-53(43-14-6-3-7-15-43)55(38-49)44-16-8-4-9-17-44/h3-39H,1-2H3. The molecule has 2 heteroatoms. The van der Waals surface area contributed by atoms with Gasteiger partial charge in [-0.2, -0.15) is 0 Å². The summed E-state index contributed by atoms with van der Waals surface area (Å²) in [5.74, 6) is 0. The van der Waals surface area contributed by atoms with Gasteiger partial charge in [-0.3, -0.25) is 0 Å². The number of nitrogens with zero attached hydrogens (tertiary/aromatic N) is 1. The number of fused-ring (bicyclic) bond motifs is 4. The first-order valence-electron chi connectivity index (χ1n) is 21.3. The van der Waals surface area contributed by atoms with Crippen LogP contribution in [0.15, 0.2) is 229 Å². The second kappa shape index (κ2) is 15.6. The highest BCUT2D eigenvalue weighted by Gasteiger charge is 2.19. The van der Waals surface area contributed by atoms with Gasteiger partial charge in [-0.25, -0.2) is 0 Å². The maximum absolute atomic E-state index is 6.58. The van der Waals surface area contributed by atoms with Gasteiger partial charge in [0.25, 0.3) is 0 Å². The van der Waals surface area contributed by atoms with Crippen LogP contribution in [0.25, 0.3) is 88.3 Å². The first-order chi connectivity index (χ1) is 30.5. The quantitative estimate of drug-likeness (QED) is 0.152. The molecule has 0 unspecified atom stereocenters. The lowest BCUT2D eigenvalue weighted by Crippen LogP contribution is -2.09. The Balaban J connectivity index is 1.02. The zero-order chi connectivity index (χ0) is 41.6. The Kier molecular flexibility index (Phi) is 9.32. The highest BCUT2D eigenvalue weighted by atomic mass is 16.3. The predicted octanol–water partition coefficient (Wildman–Crippen LogP) is 17.2. The van der Waals surface area contributed by atoms with E-state index in [-0.39, 0.29) is 0 Å². The highest BCUT2D eigenvalue weighted by molar-refractivity contribution is 6.08. The van der Waals surface area contributed by atoms with Gasteiger partial charge in [-0.05, 0) is 152 Å². The molecule has 11 aromatic rings. The van der Waals surface area contributed by atoms with Gasteiger partial charge >= 0.3 is 0 Å². The van der Waals surface area contributed by atoms with E-state index in [1.807, 2.05) is 0 Å². The summed E-state index contributed by atoms with van der Waals surface area (Å²) < 4.78 is 6.58. The summed E-state index contributed by atoms with van der Waals surface area (Å²) in [4.78, 5) is 2.34. The summed E-state index contributed by atoms with van der Waals surface area (Å²) in [6.07, 6.45) is 0. The van der Waals surface area contributed by atoms with E-state index in [4.69, 9.17) is 4.42 Å². The van der Waals surface area contributed by atoms with Crippen molar-refractivity contribution in [1.82, 2.24) is 0 Å². The van der Waals surface area contributed by atoms with Gasteiger partial charge < -0.3 is 9.32 Å². The van der Waals surface area contributed by atoms with Gasteiger partial charge in [0, 0.05) is 33.9 Å². The predicted molar refractivity (Wildman–Crippen MR) is 263 cm³/mol. The summed E-state index contributed by atoms with van der Waals surface area (Å²) >= 11 is 0. The SMILES string of the molecule is Cc1cc(C)c2c(c1)oc1cc(N(c3ccc(-c4ccc(-c5ccccc5)c(-c5ccccc5)c4)cc3)c3ccc(-c4cc5ccccc5cc4-c4ccccc4)cc3)ccc12. The topological polar surface area (TPSA) is 16.4 Å². The van der Waals surface area contributed by atoms with Crippen LogP contribution in [0, 0.1) is 13.8 Å². The fourth-order valence-corrected chi connectivity index (χ4v) is 9.24. The number of aryl methyl sites for hydroxylation is 2. The van der Waals surface area contributed by atoms with Crippen LogP contribution in [0.2, 0.25) is 0 Å². The number of hydrogen-bond acceptors (Lipinski definition) is 2. The largest absolute Gasteiger partial charge is 0.456 e. The van der Waals surface area contributed by atoms with E-state index < -0.39 is 0 Å². The molecule has 1 aromatic heterocycles. The molecule has 0 saturated carbocycles. The van der Waals surface area contributed by atoms with Gasteiger partial charge in [0.15, 0.2) is 0 Å². The van der Waals surface area contributed by atoms with Crippen LogP contribution in [-0.4, -0.2) is 0 Å². The minimum absolute atomic E-state index is 0.875. The first-order valence-corrected chi connectivity index (χ1v) is 21.3. The minimum atomic E-state index is 0.875. The molecule has 11 rings (SSSR count). The Morgan fingerprint density at radius 1 is 0.323 bits per heavy atom. The van der Waals surface area contributed by atoms with E-state index >= 15 is 0 Å². The number of furan rings is 1. The van der Waals surface area contributed by atoms with E-state index in [9.17, 15) is 0 Å².